The van der Waals surface area contributed by atoms with Crippen molar-refractivity contribution < 1.29 is 9.13 Å². The fourth-order valence-electron chi connectivity index (χ4n) is 2.84. The Morgan fingerprint density at radius 3 is 2.85 bits per heavy atom. The van der Waals surface area contributed by atoms with E-state index in [2.05, 4.69) is 4.98 Å². The van der Waals surface area contributed by atoms with E-state index in [1.165, 1.54) is 6.07 Å². The number of benzene rings is 1. The van der Waals surface area contributed by atoms with Gasteiger partial charge in [0.1, 0.15) is 0 Å². The number of pyridine rings is 1. The second kappa shape index (κ2) is 5.25. The summed E-state index contributed by atoms with van der Waals surface area (Å²) in [6.45, 7) is 1.54. The Morgan fingerprint density at radius 1 is 1.40 bits per heavy atom. The molecule has 0 aliphatic carbocycles. The zero-order chi connectivity index (χ0) is 14.1. The van der Waals surface area contributed by atoms with Gasteiger partial charge in [0, 0.05) is 37.5 Å². The Labute approximate surface area is 117 Å². The third-order valence-electron chi connectivity index (χ3n) is 3.94. The number of hydrogen-bond acceptors (Lipinski definition) is 4. The quantitative estimate of drug-likeness (QED) is 0.856. The number of aromatic nitrogens is 1. The Kier molecular flexibility index (Phi) is 3.44. The zero-order valence-electron chi connectivity index (χ0n) is 11.5. The highest BCUT2D eigenvalue weighted by atomic mass is 19.1. The molecule has 1 fully saturated rings. The summed E-state index contributed by atoms with van der Waals surface area (Å²) in [5, 5.41) is 0.803. The summed E-state index contributed by atoms with van der Waals surface area (Å²) in [5.74, 6) is -0.301. The van der Waals surface area contributed by atoms with Crippen LogP contribution in [0.25, 0.3) is 10.9 Å². The molecule has 1 saturated heterocycles. The van der Waals surface area contributed by atoms with Crippen LogP contribution in [0.1, 0.15) is 12.8 Å². The SMILES string of the molecule is COC1CCN(c2c(F)cc(N)c3cccnc23)CC1. The second-order valence-corrected chi connectivity index (χ2v) is 5.12. The summed E-state index contributed by atoms with van der Waals surface area (Å²) in [7, 11) is 1.72. The fourth-order valence-corrected chi connectivity index (χ4v) is 2.84. The number of nitrogens with two attached hydrogens (primary N) is 1. The summed E-state index contributed by atoms with van der Waals surface area (Å²) in [5.41, 5.74) is 7.51. The van der Waals surface area contributed by atoms with Crippen molar-refractivity contribution in [2.45, 2.75) is 18.9 Å². The number of ether oxygens (including phenoxy) is 1. The minimum Gasteiger partial charge on any atom is -0.398 e. The normalized spacial score (nSPS) is 16.8. The molecule has 2 N–H and O–H groups in total. The molecular formula is C15H18FN3O. The molecule has 4 nitrogen and oxygen atoms in total. The van der Waals surface area contributed by atoms with Gasteiger partial charge in [0.25, 0.3) is 0 Å². The number of anilines is 2. The zero-order valence-corrected chi connectivity index (χ0v) is 11.5. The van der Waals surface area contributed by atoms with E-state index in [0.29, 0.717) is 16.9 Å². The van der Waals surface area contributed by atoms with Crippen LogP contribution in [0.2, 0.25) is 0 Å². The molecule has 1 aliphatic heterocycles. The Morgan fingerprint density at radius 2 is 2.15 bits per heavy atom. The highest BCUT2D eigenvalue weighted by Gasteiger charge is 2.23. The molecule has 20 heavy (non-hydrogen) atoms. The summed E-state index contributed by atoms with van der Waals surface area (Å²) >= 11 is 0. The van der Waals surface area contributed by atoms with Crippen molar-refractivity contribution in [3.63, 3.8) is 0 Å². The third-order valence-corrected chi connectivity index (χ3v) is 3.94. The van der Waals surface area contributed by atoms with Crippen LogP contribution in [-0.2, 0) is 4.74 Å². The molecule has 2 heterocycles. The molecule has 2 aromatic rings. The smallest absolute Gasteiger partial charge is 0.150 e. The van der Waals surface area contributed by atoms with Crippen LogP contribution in [0, 0.1) is 5.82 Å². The second-order valence-electron chi connectivity index (χ2n) is 5.12. The van der Waals surface area contributed by atoms with Gasteiger partial charge in [0.15, 0.2) is 5.82 Å². The number of halogens is 1. The topological polar surface area (TPSA) is 51.4 Å². The standard InChI is InChI=1S/C15H18FN3O/c1-20-10-4-7-19(8-5-10)15-12(16)9-13(17)11-3-2-6-18-14(11)15/h2-3,6,9-10H,4-5,7-8,17H2,1H3. The van der Waals surface area contributed by atoms with Crippen molar-refractivity contribution >= 4 is 22.3 Å². The van der Waals surface area contributed by atoms with Crippen molar-refractivity contribution in [2.75, 3.05) is 30.8 Å². The molecule has 0 atom stereocenters. The maximum Gasteiger partial charge on any atom is 0.150 e. The lowest BCUT2D eigenvalue weighted by Crippen LogP contribution is -2.37. The predicted molar refractivity (Wildman–Crippen MR) is 78.4 cm³/mol. The predicted octanol–water partition coefficient (Wildman–Crippen LogP) is 2.57. The number of piperidine rings is 1. The number of nitrogens with zero attached hydrogens (tertiary/aromatic N) is 2. The van der Waals surface area contributed by atoms with Crippen LogP contribution in [0.4, 0.5) is 15.8 Å². The molecule has 0 bridgehead atoms. The summed E-state index contributed by atoms with van der Waals surface area (Å²) in [4.78, 5) is 6.37. The molecule has 106 valence electrons. The molecule has 3 rings (SSSR count). The maximum absolute atomic E-state index is 14.4. The minimum atomic E-state index is -0.301. The summed E-state index contributed by atoms with van der Waals surface area (Å²) in [6.07, 6.45) is 3.73. The van der Waals surface area contributed by atoms with Gasteiger partial charge in [-0.2, -0.15) is 0 Å². The monoisotopic (exact) mass is 275 g/mol. The molecule has 1 aromatic carbocycles. The van der Waals surface area contributed by atoms with Gasteiger partial charge >= 0.3 is 0 Å². The average Bonchev–Trinajstić information content (AvgIpc) is 2.48. The van der Waals surface area contributed by atoms with Crippen LogP contribution in [0.3, 0.4) is 0 Å². The largest absolute Gasteiger partial charge is 0.398 e. The third kappa shape index (κ3) is 2.18. The average molecular weight is 275 g/mol. The van der Waals surface area contributed by atoms with Crippen LogP contribution in [-0.4, -0.2) is 31.3 Å². The molecule has 0 spiro atoms. The van der Waals surface area contributed by atoms with E-state index in [4.69, 9.17) is 10.5 Å². The van der Waals surface area contributed by atoms with E-state index in [1.54, 1.807) is 13.3 Å². The van der Waals surface area contributed by atoms with Gasteiger partial charge in [0.2, 0.25) is 0 Å². The fraction of sp³-hybridized carbons (Fsp3) is 0.400. The Bertz CT molecular complexity index is 624. The van der Waals surface area contributed by atoms with E-state index in [0.717, 1.165) is 31.3 Å². The first-order chi connectivity index (χ1) is 9.70. The van der Waals surface area contributed by atoms with E-state index >= 15 is 0 Å². The van der Waals surface area contributed by atoms with Crippen LogP contribution < -0.4 is 10.6 Å². The van der Waals surface area contributed by atoms with Crippen molar-refractivity contribution in [1.82, 2.24) is 4.98 Å². The van der Waals surface area contributed by atoms with Gasteiger partial charge in [-0.05, 0) is 31.0 Å². The lowest BCUT2D eigenvalue weighted by Gasteiger charge is -2.33. The lowest BCUT2D eigenvalue weighted by molar-refractivity contribution is 0.0818. The van der Waals surface area contributed by atoms with Crippen LogP contribution in [0.15, 0.2) is 24.4 Å². The Hall–Kier alpha value is -1.88. The molecular weight excluding hydrogens is 257 g/mol. The summed E-state index contributed by atoms with van der Waals surface area (Å²) in [6, 6.07) is 5.09. The number of fused-ring (bicyclic) bond motifs is 1. The van der Waals surface area contributed by atoms with Gasteiger partial charge < -0.3 is 15.4 Å². The highest BCUT2D eigenvalue weighted by molar-refractivity contribution is 5.98. The highest BCUT2D eigenvalue weighted by Crippen LogP contribution is 2.34. The van der Waals surface area contributed by atoms with Crippen LogP contribution >= 0.6 is 0 Å². The molecule has 5 heteroatoms. The molecule has 1 aliphatic rings. The van der Waals surface area contributed by atoms with Gasteiger partial charge in [0.05, 0.1) is 17.3 Å². The minimum absolute atomic E-state index is 0.266. The number of rotatable bonds is 2. The van der Waals surface area contributed by atoms with Crippen molar-refractivity contribution in [1.29, 1.82) is 0 Å². The van der Waals surface area contributed by atoms with E-state index in [9.17, 15) is 4.39 Å². The first kappa shape index (κ1) is 13.1. The first-order valence-electron chi connectivity index (χ1n) is 6.81. The van der Waals surface area contributed by atoms with Crippen LogP contribution in [0.5, 0.6) is 0 Å². The summed E-state index contributed by atoms with van der Waals surface area (Å²) < 4.78 is 19.7. The molecule has 0 radical (unpaired) electrons. The molecule has 1 aromatic heterocycles. The molecule has 0 saturated carbocycles. The van der Waals surface area contributed by atoms with E-state index < -0.39 is 0 Å². The van der Waals surface area contributed by atoms with E-state index in [1.807, 2.05) is 17.0 Å². The number of methoxy groups -OCH3 is 1. The van der Waals surface area contributed by atoms with Gasteiger partial charge in [-0.3, -0.25) is 4.98 Å². The lowest BCUT2D eigenvalue weighted by atomic mass is 10.0. The van der Waals surface area contributed by atoms with Gasteiger partial charge in [-0.25, -0.2) is 4.39 Å². The number of nitrogen functional groups attached to an aromatic ring is 1. The van der Waals surface area contributed by atoms with Gasteiger partial charge in [-0.15, -0.1) is 0 Å². The van der Waals surface area contributed by atoms with Crippen molar-refractivity contribution in [3.05, 3.63) is 30.2 Å². The van der Waals surface area contributed by atoms with Crippen molar-refractivity contribution in [2.24, 2.45) is 0 Å². The first-order valence-corrected chi connectivity index (χ1v) is 6.81. The van der Waals surface area contributed by atoms with E-state index in [-0.39, 0.29) is 11.9 Å². The molecule has 0 unspecified atom stereocenters. The van der Waals surface area contributed by atoms with Gasteiger partial charge in [-0.1, -0.05) is 0 Å². The maximum atomic E-state index is 14.4. The number of hydrogen-bond donors (Lipinski definition) is 1. The van der Waals surface area contributed by atoms with Crippen molar-refractivity contribution in [3.8, 4) is 0 Å². The molecule has 0 amide bonds. The Balaban J connectivity index is 2.03.